The van der Waals surface area contributed by atoms with E-state index in [1.54, 1.807) is 0 Å². The molecule has 0 aliphatic rings. The topological polar surface area (TPSA) is 0 Å². The molecule has 17 heavy (non-hydrogen) atoms. The molecule has 0 bridgehead atoms. The lowest BCUT2D eigenvalue weighted by Crippen LogP contribution is -2.14. The molecule has 5 heteroatoms. The number of halogens is 4. The number of rotatable bonds is 2. The van der Waals surface area contributed by atoms with Crippen molar-refractivity contribution in [2.24, 2.45) is 0 Å². The Morgan fingerprint density at radius 2 is 0.824 bits per heavy atom. The summed E-state index contributed by atoms with van der Waals surface area (Å²) in [7, 11) is -8.38. The van der Waals surface area contributed by atoms with Crippen LogP contribution in [0.15, 0.2) is 70.5 Å². The molecular weight excluding hydrogens is 252 g/mol. The largest absolute Gasteiger partial charge is 0.209 e. The summed E-state index contributed by atoms with van der Waals surface area (Å²) in [5.41, 5.74) is 0. The molecular formula is C12H10F4S. The molecule has 0 fully saturated rings. The van der Waals surface area contributed by atoms with Crippen LogP contribution in [0.4, 0.5) is 15.5 Å². The van der Waals surface area contributed by atoms with Gasteiger partial charge in [0.1, 0.15) is 0 Å². The van der Waals surface area contributed by atoms with Crippen molar-refractivity contribution in [3.63, 3.8) is 0 Å². The van der Waals surface area contributed by atoms with Gasteiger partial charge in [0.2, 0.25) is 9.84 Å². The molecule has 2 rings (SSSR count). The zero-order valence-corrected chi connectivity index (χ0v) is 9.51. The predicted molar refractivity (Wildman–Crippen MR) is 61.4 cm³/mol. The second-order valence-corrected chi connectivity index (χ2v) is 6.78. The van der Waals surface area contributed by atoms with Crippen molar-refractivity contribution in [2.75, 3.05) is 0 Å². The minimum absolute atomic E-state index is 0.758. The highest BCUT2D eigenvalue weighted by atomic mass is 32.5. The molecule has 0 radical (unpaired) electrons. The quantitative estimate of drug-likeness (QED) is 0.625. The van der Waals surface area contributed by atoms with Gasteiger partial charge in [-0.15, -0.1) is 15.5 Å². The highest BCUT2D eigenvalue weighted by Gasteiger charge is 2.66. The van der Waals surface area contributed by atoms with Gasteiger partial charge in [0.25, 0.3) is 0 Å². The maximum Gasteiger partial charge on any atom is 0.209 e. The lowest BCUT2D eigenvalue weighted by molar-refractivity contribution is 0.444. The van der Waals surface area contributed by atoms with Gasteiger partial charge >= 0.3 is 0 Å². The molecule has 0 amide bonds. The van der Waals surface area contributed by atoms with E-state index in [0.29, 0.717) is 0 Å². The fourth-order valence-corrected chi connectivity index (χ4v) is 3.21. The van der Waals surface area contributed by atoms with Crippen LogP contribution in [-0.2, 0) is 0 Å². The van der Waals surface area contributed by atoms with Crippen LogP contribution < -0.4 is 0 Å². The third-order valence-electron chi connectivity index (χ3n) is 2.43. The third kappa shape index (κ3) is 1.91. The lowest BCUT2D eigenvalue weighted by atomic mass is 10.4. The van der Waals surface area contributed by atoms with E-state index in [1.807, 2.05) is 0 Å². The fourth-order valence-electron chi connectivity index (χ4n) is 1.52. The standard InChI is InChI=1S/C12H10F4S/c13-17(14,15,16,11-7-3-1-4-8-11)12-9-5-2-6-10-12/h1-10H. The molecule has 0 unspecified atom stereocenters. The Morgan fingerprint density at radius 1 is 0.529 bits per heavy atom. The first-order valence-electron chi connectivity index (χ1n) is 4.85. The molecule has 0 aliphatic carbocycles. The summed E-state index contributed by atoms with van der Waals surface area (Å²) in [6.07, 6.45) is 0. The molecule has 2 aromatic rings. The van der Waals surface area contributed by atoms with Gasteiger partial charge in [0, 0.05) is 0 Å². The molecule has 0 nitrogen and oxygen atoms in total. The Hall–Kier alpha value is -1.49. The minimum atomic E-state index is -8.38. The van der Waals surface area contributed by atoms with E-state index in [4.69, 9.17) is 0 Å². The van der Waals surface area contributed by atoms with E-state index in [9.17, 15) is 15.5 Å². The van der Waals surface area contributed by atoms with Gasteiger partial charge in [-0.25, -0.2) is 0 Å². The van der Waals surface area contributed by atoms with Gasteiger partial charge in [0.05, 0.1) is 9.79 Å². The fraction of sp³-hybridized carbons (Fsp3) is 0. The van der Waals surface area contributed by atoms with Gasteiger partial charge in [-0.2, -0.15) is 0 Å². The average Bonchev–Trinajstić information content (AvgIpc) is 2.30. The number of hydrogen-bond donors (Lipinski definition) is 0. The van der Waals surface area contributed by atoms with E-state index < -0.39 is 19.6 Å². The zero-order chi connectivity index (χ0) is 12.6. The summed E-state index contributed by atoms with van der Waals surface area (Å²) in [5.74, 6) is 0. The molecule has 0 spiro atoms. The van der Waals surface area contributed by atoms with Gasteiger partial charge in [-0.05, 0) is 24.3 Å². The van der Waals surface area contributed by atoms with Gasteiger partial charge < -0.3 is 0 Å². The Balaban J connectivity index is 2.76. The zero-order valence-electron chi connectivity index (χ0n) is 8.69. The summed E-state index contributed by atoms with van der Waals surface area (Å²) in [5, 5.41) is 0. The molecule has 0 N–H and O–H groups in total. The van der Waals surface area contributed by atoms with E-state index in [2.05, 4.69) is 0 Å². The maximum absolute atomic E-state index is 14.0. The SMILES string of the molecule is FS(F)(F)(F)(c1ccccc1)c1ccccc1. The van der Waals surface area contributed by atoms with Crippen LogP contribution in [0.2, 0.25) is 0 Å². The second kappa shape index (κ2) is 3.04. The first-order valence-corrected chi connectivity index (χ1v) is 6.90. The van der Waals surface area contributed by atoms with E-state index >= 15 is 0 Å². The summed E-state index contributed by atoms with van der Waals surface area (Å²) < 4.78 is 56.2. The number of benzene rings is 2. The van der Waals surface area contributed by atoms with Crippen molar-refractivity contribution >= 4 is 9.84 Å². The first kappa shape index (κ1) is 12.0. The van der Waals surface area contributed by atoms with E-state index in [0.717, 1.165) is 24.3 Å². The second-order valence-electron chi connectivity index (χ2n) is 3.70. The minimum Gasteiger partial charge on any atom is -0.116 e. The van der Waals surface area contributed by atoms with Crippen molar-refractivity contribution in [1.29, 1.82) is 0 Å². The van der Waals surface area contributed by atoms with Crippen molar-refractivity contribution in [3.05, 3.63) is 60.7 Å². The predicted octanol–water partition coefficient (Wildman–Crippen LogP) is 5.52. The Bertz CT molecular complexity index is 484. The first-order chi connectivity index (χ1) is 7.74. The van der Waals surface area contributed by atoms with Gasteiger partial charge in [-0.3, -0.25) is 0 Å². The molecule has 0 heterocycles. The highest BCUT2D eigenvalue weighted by molar-refractivity contribution is 8.49. The van der Waals surface area contributed by atoms with E-state index in [1.165, 1.54) is 36.4 Å². The van der Waals surface area contributed by atoms with Crippen molar-refractivity contribution in [3.8, 4) is 0 Å². The molecule has 0 aromatic heterocycles. The van der Waals surface area contributed by atoms with Gasteiger partial charge in [-0.1, -0.05) is 36.4 Å². The molecule has 0 atom stereocenters. The number of hydrogen-bond acceptors (Lipinski definition) is 0. The average molecular weight is 262 g/mol. The lowest BCUT2D eigenvalue weighted by Gasteiger charge is -2.50. The summed E-state index contributed by atoms with van der Waals surface area (Å²) in [6, 6.07) is 10.6. The highest BCUT2D eigenvalue weighted by Crippen LogP contribution is 3.04. The Labute approximate surface area is 96.3 Å². The summed E-state index contributed by atoms with van der Waals surface area (Å²) in [4.78, 5) is -2.45. The van der Waals surface area contributed by atoms with Crippen molar-refractivity contribution in [1.82, 2.24) is 0 Å². The molecule has 0 aliphatic heterocycles. The van der Waals surface area contributed by atoms with Crippen LogP contribution in [0.1, 0.15) is 0 Å². The summed E-state index contributed by atoms with van der Waals surface area (Å²) >= 11 is 0. The van der Waals surface area contributed by atoms with Crippen LogP contribution in [0.25, 0.3) is 0 Å². The van der Waals surface area contributed by atoms with Crippen molar-refractivity contribution in [2.45, 2.75) is 9.79 Å². The van der Waals surface area contributed by atoms with E-state index in [-0.39, 0.29) is 0 Å². The Kier molecular flexibility index (Phi) is 2.14. The smallest absolute Gasteiger partial charge is 0.116 e. The molecule has 0 saturated carbocycles. The van der Waals surface area contributed by atoms with Crippen LogP contribution in [0.3, 0.4) is 0 Å². The Morgan fingerprint density at radius 3 is 1.12 bits per heavy atom. The van der Waals surface area contributed by atoms with Gasteiger partial charge in [0.15, 0.2) is 0 Å². The van der Waals surface area contributed by atoms with Crippen LogP contribution in [-0.4, -0.2) is 0 Å². The van der Waals surface area contributed by atoms with Crippen molar-refractivity contribution < 1.29 is 15.5 Å². The third-order valence-corrected chi connectivity index (χ3v) is 4.88. The van der Waals surface area contributed by atoms with Crippen LogP contribution in [0, 0.1) is 0 Å². The molecule has 2 aromatic carbocycles. The normalized spacial score (nSPS) is 16.0. The van der Waals surface area contributed by atoms with Crippen LogP contribution in [0.5, 0.6) is 0 Å². The monoisotopic (exact) mass is 262 g/mol. The maximum atomic E-state index is 14.0. The summed E-state index contributed by atoms with van der Waals surface area (Å²) in [6.45, 7) is 0. The van der Waals surface area contributed by atoms with Crippen LogP contribution >= 0.6 is 9.84 Å². The molecule has 92 valence electrons. The molecule has 0 saturated heterocycles.